The molecule has 142 valence electrons. The van der Waals surface area contributed by atoms with E-state index < -0.39 is 0 Å². The molecule has 0 amide bonds. The van der Waals surface area contributed by atoms with Crippen molar-refractivity contribution in [1.82, 2.24) is 0 Å². The number of fused-ring (bicyclic) bond motifs is 1. The van der Waals surface area contributed by atoms with Crippen molar-refractivity contribution in [2.75, 3.05) is 0 Å². The van der Waals surface area contributed by atoms with Gasteiger partial charge in [0.2, 0.25) is 0 Å². The molecule has 1 aliphatic heterocycles. The molecule has 1 aromatic carbocycles. The van der Waals surface area contributed by atoms with Gasteiger partial charge >= 0.3 is 11.9 Å². The topological polar surface area (TPSA) is 52.6 Å². The molecule has 0 saturated heterocycles. The Kier molecular flexibility index (Phi) is 7.43. The number of cyclic esters (lactones) is 2. The molecule has 26 heavy (non-hydrogen) atoms. The molecule has 1 aliphatic rings. The Bertz CT molecular complexity index is 590. The van der Waals surface area contributed by atoms with Crippen molar-refractivity contribution in [2.45, 2.75) is 53.8 Å². The molecule has 0 aromatic heterocycles. The zero-order valence-corrected chi connectivity index (χ0v) is 16.2. The third kappa shape index (κ3) is 5.45. The molecule has 0 aliphatic carbocycles. The van der Waals surface area contributed by atoms with Crippen LogP contribution in [-0.2, 0) is 32.3 Å². The highest BCUT2D eigenvalue weighted by atomic mass is 16.5. The Morgan fingerprint density at radius 3 is 1.50 bits per heavy atom. The van der Waals surface area contributed by atoms with Crippen molar-refractivity contribution in [3.05, 3.63) is 47.5 Å². The van der Waals surface area contributed by atoms with Gasteiger partial charge in [0.25, 0.3) is 0 Å². The summed E-state index contributed by atoms with van der Waals surface area (Å²) in [5, 5.41) is 0. The summed E-state index contributed by atoms with van der Waals surface area (Å²) in [7, 11) is 0. The summed E-state index contributed by atoms with van der Waals surface area (Å²) >= 11 is 0. The average molecular weight is 358 g/mol. The van der Waals surface area contributed by atoms with Gasteiger partial charge in [-0.25, -0.2) is 0 Å². The fraction of sp³-hybridized carbons (Fsp3) is 0.545. The van der Waals surface area contributed by atoms with Crippen molar-refractivity contribution >= 4 is 11.9 Å². The predicted molar refractivity (Wildman–Crippen MR) is 101 cm³/mol. The van der Waals surface area contributed by atoms with Crippen LogP contribution in [-0.4, -0.2) is 11.9 Å². The SMILES string of the molecule is CC(C)[C@@H]1CC=CC[C@@H](C(C)C)C(=O)OCc2ccccc2COC1=O. The number of ether oxygens (including phenoxy) is 2. The van der Waals surface area contributed by atoms with Gasteiger partial charge in [0.1, 0.15) is 13.2 Å². The van der Waals surface area contributed by atoms with E-state index in [1.165, 1.54) is 0 Å². The number of hydrogen-bond donors (Lipinski definition) is 0. The maximum absolute atomic E-state index is 12.5. The summed E-state index contributed by atoms with van der Waals surface area (Å²) in [5.41, 5.74) is 1.76. The molecule has 0 fully saturated rings. The minimum absolute atomic E-state index is 0.172. The molecule has 2 rings (SSSR count). The van der Waals surface area contributed by atoms with Crippen LogP contribution in [0.4, 0.5) is 0 Å². The molecule has 1 heterocycles. The number of allylic oxidation sites excluding steroid dienone is 2. The first-order valence-corrected chi connectivity index (χ1v) is 9.45. The Balaban J connectivity index is 2.28. The molecule has 0 bridgehead atoms. The van der Waals surface area contributed by atoms with Gasteiger partial charge < -0.3 is 9.47 Å². The van der Waals surface area contributed by atoms with Gasteiger partial charge in [-0.05, 0) is 35.8 Å². The van der Waals surface area contributed by atoms with Crippen LogP contribution in [0.2, 0.25) is 0 Å². The molecule has 2 atom stereocenters. The Morgan fingerprint density at radius 1 is 0.769 bits per heavy atom. The first-order chi connectivity index (χ1) is 12.4. The molecular formula is C22H30O4. The molecule has 1 aromatic rings. The van der Waals surface area contributed by atoms with E-state index in [1.54, 1.807) is 0 Å². The molecule has 0 saturated carbocycles. The van der Waals surface area contributed by atoms with E-state index >= 15 is 0 Å². The van der Waals surface area contributed by atoms with E-state index in [0.717, 1.165) is 11.1 Å². The van der Waals surface area contributed by atoms with Crippen LogP contribution in [0.1, 0.15) is 51.7 Å². The monoisotopic (exact) mass is 358 g/mol. The number of carbonyl (C=O) groups is 2. The van der Waals surface area contributed by atoms with Crippen molar-refractivity contribution in [1.29, 1.82) is 0 Å². The second-order valence-electron chi connectivity index (χ2n) is 7.63. The zero-order chi connectivity index (χ0) is 19.1. The maximum atomic E-state index is 12.5. The van der Waals surface area contributed by atoms with Gasteiger partial charge in [-0.3, -0.25) is 9.59 Å². The predicted octanol–water partition coefficient (Wildman–Crippen LogP) is 4.67. The summed E-state index contributed by atoms with van der Waals surface area (Å²) in [5.74, 6) is -0.304. The van der Waals surface area contributed by atoms with Gasteiger partial charge in [0.15, 0.2) is 0 Å². The smallest absolute Gasteiger partial charge is 0.309 e. The van der Waals surface area contributed by atoms with Gasteiger partial charge in [0, 0.05) is 0 Å². The molecule has 0 spiro atoms. The summed E-state index contributed by atoms with van der Waals surface area (Å²) < 4.78 is 11.1. The van der Waals surface area contributed by atoms with E-state index in [4.69, 9.17) is 9.47 Å². The van der Waals surface area contributed by atoms with Crippen LogP contribution in [0.25, 0.3) is 0 Å². The van der Waals surface area contributed by atoms with Crippen molar-refractivity contribution in [3.63, 3.8) is 0 Å². The first-order valence-electron chi connectivity index (χ1n) is 9.45. The number of esters is 2. The van der Waals surface area contributed by atoms with Gasteiger partial charge in [0.05, 0.1) is 11.8 Å². The normalized spacial score (nSPS) is 22.5. The second kappa shape index (κ2) is 9.56. The van der Waals surface area contributed by atoms with Crippen LogP contribution in [0.3, 0.4) is 0 Å². The van der Waals surface area contributed by atoms with E-state index in [9.17, 15) is 9.59 Å². The van der Waals surface area contributed by atoms with Gasteiger partial charge in [-0.1, -0.05) is 64.1 Å². The minimum atomic E-state index is -0.175. The second-order valence-corrected chi connectivity index (χ2v) is 7.63. The summed E-state index contributed by atoms with van der Waals surface area (Å²) in [6.45, 7) is 8.53. The zero-order valence-electron chi connectivity index (χ0n) is 16.2. The van der Waals surface area contributed by atoms with E-state index in [-0.39, 0.29) is 48.8 Å². The lowest BCUT2D eigenvalue weighted by molar-refractivity contribution is -0.153. The van der Waals surface area contributed by atoms with E-state index in [2.05, 4.69) is 0 Å². The molecular weight excluding hydrogens is 328 g/mol. The highest BCUT2D eigenvalue weighted by molar-refractivity contribution is 5.73. The van der Waals surface area contributed by atoms with Crippen LogP contribution in [0.15, 0.2) is 36.4 Å². The van der Waals surface area contributed by atoms with E-state index in [1.807, 2.05) is 64.1 Å². The third-order valence-electron chi connectivity index (χ3n) is 5.02. The maximum Gasteiger partial charge on any atom is 0.309 e. The number of hydrogen-bond acceptors (Lipinski definition) is 4. The van der Waals surface area contributed by atoms with Crippen LogP contribution in [0.5, 0.6) is 0 Å². The highest BCUT2D eigenvalue weighted by Crippen LogP contribution is 2.23. The van der Waals surface area contributed by atoms with Crippen molar-refractivity contribution < 1.29 is 19.1 Å². The van der Waals surface area contributed by atoms with Crippen LogP contribution in [0, 0.1) is 23.7 Å². The summed E-state index contributed by atoms with van der Waals surface area (Å²) in [6, 6.07) is 7.62. The standard InChI is InChI=1S/C22H30O4/c1-15(2)19-11-7-8-12-20(16(3)4)22(24)26-14-18-10-6-5-9-17(18)13-25-21(19)23/h5-10,15-16,19-20H,11-14H2,1-4H3/t19-,20-/m0/s1. The Hall–Kier alpha value is -2.10. The number of rotatable bonds is 2. The lowest BCUT2D eigenvalue weighted by Crippen LogP contribution is -2.24. The lowest BCUT2D eigenvalue weighted by atomic mass is 9.90. The molecule has 0 N–H and O–H groups in total. The Morgan fingerprint density at radius 2 is 1.15 bits per heavy atom. The van der Waals surface area contributed by atoms with Crippen LogP contribution >= 0.6 is 0 Å². The minimum Gasteiger partial charge on any atom is -0.461 e. The highest BCUT2D eigenvalue weighted by Gasteiger charge is 2.25. The lowest BCUT2D eigenvalue weighted by Gasteiger charge is -2.21. The van der Waals surface area contributed by atoms with Crippen LogP contribution < -0.4 is 0 Å². The molecule has 4 heteroatoms. The fourth-order valence-corrected chi connectivity index (χ4v) is 3.12. The molecule has 0 unspecified atom stereocenters. The summed E-state index contributed by atoms with van der Waals surface area (Å²) in [4.78, 5) is 25.0. The van der Waals surface area contributed by atoms with Crippen molar-refractivity contribution in [3.8, 4) is 0 Å². The van der Waals surface area contributed by atoms with Gasteiger partial charge in [-0.2, -0.15) is 0 Å². The van der Waals surface area contributed by atoms with Crippen molar-refractivity contribution in [2.24, 2.45) is 23.7 Å². The third-order valence-corrected chi connectivity index (χ3v) is 5.02. The Labute approximate surface area is 156 Å². The first kappa shape index (κ1) is 20.2. The number of benzene rings is 1. The van der Waals surface area contributed by atoms with Gasteiger partial charge in [-0.15, -0.1) is 0 Å². The quantitative estimate of drug-likeness (QED) is 0.569. The summed E-state index contributed by atoms with van der Waals surface area (Å²) in [6.07, 6.45) is 5.23. The molecule has 4 nitrogen and oxygen atoms in total. The van der Waals surface area contributed by atoms with E-state index in [0.29, 0.717) is 12.8 Å². The molecule has 0 radical (unpaired) electrons. The average Bonchev–Trinajstić information content (AvgIpc) is 2.60. The fourth-order valence-electron chi connectivity index (χ4n) is 3.12. The largest absolute Gasteiger partial charge is 0.461 e. The number of carbonyl (C=O) groups excluding carboxylic acids is 2.